The lowest BCUT2D eigenvalue weighted by Gasteiger charge is -2.20. The van der Waals surface area contributed by atoms with Crippen molar-refractivity contribution >= 4 is 23.1 Å². The molecule has 2 heterocycles. The smallest absolute Gasteiger partial charge is 0.311 e. The van der Waals surface area contributed by atoms with E-state index in [1.165, 1.54) is 24.3 Å². The van der Waals surface area contributed by atoms with Crippen molar-refractivity contribution in [2.75, 3.05) is 10.6 Å². The van der Waals surface area contributed by atoms with E-state index in [1.807, 2.05) is 6.92 Å². The third kappa shape index (κ3) is 4.81. The maximum Gasteiger partial charge on any atom is 0.311 e. The van der Waals surface area contributed by atoms with Gasteiger partial charge in [-0.3, -0.25) is 15.2 Å². The van der Waals surface area contributed by atoms with Crippen LogP contribution < -0.4 is 10.6 Å². The minimum absolute atomic E-state index is 0.0921. The van der Waals surface area contributed by atoms with Crippen molar-refractivity contribution in [3.05, 3.63) is 70.2 Å². The average Bonchev–Trinajstić information content (AvgIpc) is 3.06. The zero-order chi connectivity index (χ0) is 20.1. The van der Waals surface area contributed by atoms with E-state index in [0.717, 1.165) is 12.1 Å². The van der Waals surface area contributed by atoms with Crippen LogP contribution in [-0.2, 0) is 0 Å². The summed E-state index contributed by atoms with van der Waals surface area (Å²) in [5, 5.41) is 24.4. The molecule has 2 aromatic heterocycles. The first-order valence-electron chi connectivity index (χ1n) is 8.86. The summed E-state index contributed by atoms with van der Waals surface area (Å²) in [6.45, 7) is 5.77. The number of nitrogens with zero attached hydrogens (tertiary/aromatic N) is 3. The predicted octanol–water partition coefficient (Wildman–Crippen LogP) is 4.70. The lowest BCUT2D eigenvalue weighted by molar-refractivity contribution is -0.384. The van der Waals surface area contributed by atoms with Gasteiger partial charge >= 0.3 is 5.69 Å². The van der Waals surface area contributed by atoms with E-state index in [2.05, 4.69) is 32.4 Å². The summed E-state index contributed by atoms with van der Waals surface area (Å²) in [6.07, 6.45) is 6.64. The van der Waals surface area contributed by atoms with E-state index >= 15 is 0 Å². The second-order valence-corrected chi connectivity index (χ2v) is 6.52. The number of pyridine rings is 1. The molecule has 0 bridgehead atoms. The number of H-pyrrole nitrogens is 1. The van der Waals surface area contributed by atoms with E-state index in [0.29, 0.717) is 30.1 Å². The van der Waals surface area contributed by atoms with Gasteiger partial charge in [-0.15, -0.1) is 0 Å². The number of nitro groups is 1. The molecule has 0 saturated carbocycles. The molecular weight excluding hydrogens is 363 g/mol. The zero-order valence-corrected chi connectivity index (χ0v) is 15.4. The molecule has 0 saturated heterocycles. The number of aromatic amines is 1. The molecule has 2 aromatic rings. The third-order valence-electron chi connectivity index (χ3n) is 4.26. The number of allylic oxidation sites excluding steroid dienone is 3. The third-order valence-corrected chi connectivity index (χ3v) is 4.26. The Kier molecular flexibility index (Phi) is 5.83. The van der Waals surface area contributed by atoms with Crippen LogP contribution in [0.5, 0.6) is 0 Å². The van der Waals surface area contributed by atoms with Gasteiger partial charge in [-0.1, -0.05) is 12.7 Å². The molecule has 1 atom stereocenters. The Hall–Kier alpha value is -3.49. The largest absolute Gasteiger partial charge is 0.357 e. The molecule has 0 aromatic carbocycles. The molecule has 1 aliphatic carbocycles. The van der Waals surface area contributed by atoms with Gasteiger partial charge < -0.3 is 10.6 Å². The Labute approximate surface area is 161 Å². The number of hydrogen-bond acceptors (Lipinski definition) is 6. The molecule has 28 heavy (non-hydrogen) atoms. The van der Waals surface area contributed by atoms with Gasteiger partial charge in [0.25, 0.3) is 0 Å². The number of hydrogen-bond donors (Lipinski definition) is 3. The van der Waals surface area contributed by atoms with Crippen LogP contribution in [0.1, 0.15) is 25.0 Å². The molecule has 0 aliphatic heterocycles. The second-order valence-electron chi connectivity index (χ2n) is 6.52. The van der Waals surface area contributed by atoms with Crippen LogP contribution in [0.2, 0.25) is 0 Å². The number of aromatic nitrogens is 3. The second kappa shape index (κ2) is 8.47. The summed E-state index contributed by atoms with van der Waals surface area (Å²) in [5.41, 5.74) is 1.20. The quantitative estimate of drug-likeness (QED) is 0.509. The first-order valence-corrected chi connectivity index (χ1v) is 8.86. The molecule has 9 heteroatoms. The van der Waals surface area contributed by atoms with Crippen LogP contribution in [0.3, 0.4) is 0 Å². The van der Waals surface area contributed by atoms with Crippen molar-refractivity contribution in [2.24, 2.45) is 0 Å². The number of rotatable bonds is 5. The van der Waals surface area contributed by atoms with Crippen molar-refractivity contribution in [3.8, 4) is 0 Å². The highest BCUT2D eigenvalue weighted by Crippen LogP contribution is 2.28. The van der Waals surface area contributed by atoms with Gasteiger partial charge in [0.1, 0.15) is 11.6 Å². The van der Waals surface area contributed by atoms with Crippen LogP contribution in [0.25, 0.3) is 0 Å². The van der Waals surface area contributed by atoms with Gasteiger partial charge in [-0.05, 0) is 50.0 Å². The van der Waals surface area contributed by atoms with Gasteiger partial charge in [0, 0.05) is 17.8 Å². The summed E-state index contributed by atoms with van der Waals surface area (Å²) >= 11 is 0. The molecular formula is C19H21FN6O2. The maximum atomic E-state index is 13.8. The summed E-state index contributed by atoms with van der Waals surface area (Å²) in [5.74, 6) is 0.643. The van der Waals surface area contributed by atoms with Crippen molar-refractivity contribution in [2.45, 2.75) is 32.2 Å². The average molecular weight is 384 g/mol. The SMILES string of the molecule is C=C1/C=C(F)\C=C/CCC[C@H]1Nc1nc(Nc2cc(C)[nH]n2)ccc1[N+](=O)[O-]. The Morgan fingerprint density at radius 1 is 1.39 bits per heavy atom. The van der Waals surface area contributed by atoms with Crippen LogP contribution >= 0.6 is 0 Å². The lowest BCUT2D eigenvalue weighted by Crippen LogP contribution is -2.22. The standard InChI is InChI=1S/C19H21FN6O2/c1-12-10-14(20)6-4-3-5-7-15(12)21-19-16(26(27)28)8-9-17(23-19)22-18-11-13(2)24-25-18/h4,6,8-11,15H,1,3,5,7H2,2H3,(H3,21,22,23,24,25)/b6-4-,14-10+/t15-/m1/s1. The normalized spacial score (nSPS) is 20.3. The zero-order valence-electron chi connectivity index (χ0n) is 15.4. The summed E-state index contributed by atoms with van der Waals surface area (Å²) in [7, 11) is 0. The van der Waals surface area contributed by atoms with E-state index < -0.39 is 10.8 Å². The van der Waals surface area contributed by atoms with Crippen LogP contribution in [0, 0.1) is 17.0 Å². The minimum atomic E-state index is -0.506. The molecule has 3 N–H and O–H groups in total. The molecule has 8 nitrogen and oxygen atoms in total. The molecule has 0 unspecified atom stereocenters. The summed E-state index contributed by atoms with van der Waals surface area (Å²) < 4.78 is 13.8. The Balaban J connectivity index is 1.87. The first kappa shape index (κ1) is 19.3. The van der Waals surface area contributed by atoms with E-state index in [9.17, 15) is 14.5 Å². The lowest BCUT2D eigenvalue weighted by atomic mass is 10.0. The number of nitrogens with one attached hydrogen (secondary N) is 3. The molecule has 0 amide bonds. The molecule has 0 fully saturated rings. The fourth-order valence-corrected chi connectivity index (χ4v) is 2.87. The van der Waals surface area contributed by atoms with Crippen molar-refractivity contribution in [1.82, 2.24) is 15.2 Å². The highest BCUT2D eigenvalue weighted by Gasteiger charge is 2.21. The van der Waals surface area contributed by atoms with Crippen LogP contribution in [0.15, 0.2) is 54.4 Å². The van der Waals surface area contributed by atoms with Crippen LogP contribution in [-0.4, -0.2) is 26.1 Å². The van der Waals surface area contributed by atoms with Gasteiger partial charge in [0.2, 0.25) is 5.82 Å². The Bertz CT molecular complexity index is 950. The highest BCUT2D eigenvalue weighted by molar-refractivity contribution is 5.64. The van der Waals surface area contributed by atoms with Crippen molar-refractivity contribution < 1.29 is 9.31 Å². The fourth-order valence-electron chi connectivity index (χ4n) is 2.87. The maximum absolute atomic E-state index is 13.8. The summed E-state index contributed by atoms with van der Waals surface area (Å²) in [4.78, 5) is 15.3. The van der Waals surface area contributed by atoms with E-state index in [-0.39, 0.29) is 17.5 Å². The number of anilines is 3. The van der Waals surface area contributed by atoms with E-state index in [1.54, 1.807) is 12.1 Å². The molecule has 146 valence electrons. The topological polar surface area (TPSA) is 109 Å². The molecule has 3 rings (SSSR count). The predicted molar refractivity (Wildman–Crippen MR) is 106 cm³/mol. The van der Waals surface area contributed by atoms with Crippen molar-refractivity contribution in [3.63, 3.8) is 0 Å². The first-order chi connectivity index (χ1) is 13.4. The number of halogens is 1. The van der Waals surface area contributed by atoms with Gasteiger partial charge in [0.05, 0.1) is 11.0 Å². The molecule has 0 spiro atoms. The fraction of sp³-hybridized carbons (Fsp3) is 0.263. The van der Waals surface area contributed by atoms with Crippen LogP contribution in [0.4, 0.5) is 27.5 Å². The highest BCUT2D eigenvalue weighted by atomic mass is 19.1. The molecule has 1 aliphatic rings. The molecule has 0 radical (unpaired) electrons. The minimum Gasteiger partial charge on any atom is -0.357 e. The van der Waals surface area contributed by atoms with Gasteiger partial charge in [0.15, 0.2) is 5.82 Å². The summed E-state index contributed by atoms with van der Waals surface area (Å²) in [6, 6.07) is 4.29. The Morgan fingerprint density at radius 3 is 2.93 bits per heavy atom. The monoisotopic (exact) mass is 384 g/mol. The van der Waals surface area contributed by atoms with Gasteiger partial charge in [-0.2, -0.15) is 5.10 Å². The Morgan fingerprint density at radius 2 is 2.21 bits per heavy atom. The van der Waals surface area contributed by atoms with Crippen molar-refractivity contribution in [1.29, 1.82) is 0 Å². The van der Waals surface area contributed by atoms with Gasteiger partial charge in [-0.25, -0.2) is 9.37 Å². The van der Waals surface area contributed by atoms with E-state index in [4.69, 9.17) is 0 Å². The number of aryl methyl sites for hydroxylation is 1.